The summed E-state index contributed by atoms with van der Waals surface area (Å²) in [6.45, 7) is 4.34. The third-order valence-corrected chi connectivity index (χ3v) is 6.03. The van der Waals surface area contributed by atoms with E-state index in [0.717, 1.165) is 11.9 Å². The number of fused-ring (bicyclic) bond motifs is 1. The molecule has 1 aromatic heterocycles. The van der Waals surface area contributed by atoms with E-state index < -0.39 is 0 Å². The smallest absolute Gasteiger partial charge is 0.259 e. The maximum Gasteiger partial charge on any atom is 0.259 e. The Morgan fingerprint density at radius 2 is 1.94 bits per heavy atom. The fourth-order valence-electron chi connectivity index (χ4n) is 3.41. The minimum Gasteiger partial charge on any atom is -0.496 e. The van der Waals surface area contributed by atoms with Gasteiger partial charge in [-0.1, -0.05) is 43.1 Å². The van der Waals surface area contributed by atoms with Crippen LogP contribution in [0.25, 0.3) is 22.6 Å². The van der Waals surface area contributed by atoms with E-state index in [1.165, 1.54) is 12.7 Å². The van der Waals surface area contributed by atoms with Gasteiger partial charge >= 0.3 is 0 Å². The molecule has 3 aromatic carbocycles. The molecule has 7 heteroatoms. The van der Waals surface area contributed by atoms with E-state index in [4.69, 9.17) is 32.4 Å². The molecule has 0 radical (unpaired) electrons. The van der Waals surface area contributed by atoms with Gasteiger partial charge in [0, 0.05) is 10.6 Å². The first kappa shape index (κ1) is 22.2. The maximum absolute atomic E-state index is 12.9. The first-order valence-electron chi connectivity index (χ1n) is 10.2. The number of ether oxygens (including phenoxy) is 1. The lowest BCUT2D eigenvalue weighted by Crippen LogP contribution is -2.13. The van der Waals surface area contributed by atoms with Crippen LogP contribution in [0.5, 0.6) is 5.75 Å². The zero-order valence-corrected chi connectivity index (χ0v) is 19.4. The molecule has 0 spiro atoms. The third-order valence-electron chi connectivity index (χ3n) is 5.46. The zero-order valence-electron chi connectivity index (χ0n) is 17.9. The van der Waals surface area contributed by atoms with E-state index in [9.17, 15) is 4.79 Å². The lowest BCUT2D eigenvalue weighted by Gasteiger charge is -2.11. The number of carbonyl (C=O) groups excluding carboxylic acids is 1. The van der Waals surface area contributed by atoms with Crippen molar-refractivity contribution >= 4 is 45.9 Å². The molecule has 4 rings (SSSR count). The molecule has 4 aromatic rings. The predicted octanol–water partition coefficient (Wildman–Crippen LogP) is 7.58. The van der Waals surface area contributed by atoms with Gasteiger partial charge in [-0.2, -0.15) is 0 Å². The Labute approximate surface area is 196 Å². The van der Waals surface area contributed by atoms with E-state index in [0.29, 0.717) is 50.0 Å². The third kappa shape index (κ3) is 4.45. The van der Waals surface area contributed by atoms with Crippen molar-refractivity contribution < 1.29 is 13.9 Å². The summed E-state index contributed by atoms with van der Waals surface area (Å²) in [6, 6.07) is 16.1. The summed E-state index contributed by atoms with van der Waals surface area (Å²) >= 11 is 12.4. The molecule has 0 saturated heterocycles. The number of aromatic nitrogens is 1. The number of hydrogen-bond acceptors (Lipinski definition) is 4. The van der Waals surface area contributed by atoms with Crippen LogP contribution in [-0.4, -0.2) is 18.0 Å². The van der Waals surface area contributed by atoms with E-state index in [2.05, 4.69) is 36.3 Å². The van der Waals surface area contributed by atoms with E-state index in [-0.39, 0.29) is 5.91 Å². The zero-order chi connectivity index (χ0) is 22.8. The molecule has 1 amide bonds. The van der Waals surface area contributed by atoms with Crippen LogP contribution in [-0.2, 0) is 0 Å². The largest absolute Gasteiger partial charge is 0.496 e. The number of rotatable bonds is 6. The van der Waals surface area contributed by atoms with Gasteiger partial charge in [-0.15, -0.1) is 0 Å². The van der Waals surface area contributed by atoms with Crippen molar-refractivity contribution in [3.05, 3.63) is 75.8 Å². The van der Waals surface area contributed by atoms with Gasteiger partial charge in [0.2, 0.25) is 5.89 Å². The molecule has 1 unspecified atom stereocenters. The second-order valence-corrected chi connectivity index (χ2v) is 8.39. The van der Waals surface area contributed by atoms with Crippen molar-refractivity contribution in [2.75, 3.05) is 12.4 Å². The fourth-order valence-corrected chi connectivity index (χ4v) is 3.75. The number of carbonyl (C=O) groups is 1. The first-order chi connectivity index (χ1) is 15.4. The van der Waals surface area contributed by atoms with Gasteiger partial charge in [0.25, 0.3) is 5.91 Å². The van der Waals surface area contributed by atoms with Gasteiger partial charge in [-0.3, -0.25) is 4.79 Å². The second-order valence-electron chi connectivity index (χ2n) is 7.55. The van der Waals surface area contributed by atoms with Gasteiger partial charge in [0.1, 0.15) is 11.3 Å². The second kappa shape index (κ2) is 9.23. The molecular formula is C25H22Cl2N2O3. The monoisotopic (exact) mass is 468 g/mol. The van der Waals surface area contributed by atoms with Crippen molar-refractivity contribution in [1.29, 1.82) is 0 Å². The summed E-state index contributed by atoms with van der Waals surface area (Å²) in [4.78, 5) is 17.5. The average Bonchev–Trinajstić information content (AvgIpc) is 3.23. The molecule has 0 aliphatic heterocycles. The molecule has 0 aliphatic carbocycles. The Balaban J connectivity index is 1.66. The van der Waals surface area contributed by atoms with Crippen molar-refractivity contribution in [2.24, 2.45) is 0 Å². The first-order valence-corrected chi connectivity index (χ1v) is 11.0. The lowest BCUT2D eigenvalue weighted by atomic mass is 9.98. The van der Waals surface area contributed by atoms with Gasteiger partial charge in [-0.05, 0) is 66.4 Å². The minimum absolute atomic E-state index is 0.306. The number of oxazole rings is 1. The van der Waals surface area contributed by atoms with E-state index >= 15 is 0 Å². The number of hydrogen-bond donors (Lipinski definition) is 1. The van der Waals surface area contributed by atoms with Crippen LogP contribution in [0.3, 0.4) is 0 Å². The molecule has 0 bridgehead atoms. The SMILES string of the molecule is CCC(C)c1ccc2oc(-c3ccc(Cl)c(NC(=O)c4cc(Cl)ccc4OC)c3)nc2c1. The van der Waals surface area contributed by atoms with Crippen LogP contribution in [0.1, 0.15) is 42.1 Å². The molecular weight excluding hydrogens is 447 g/mol. The van der Waals surface area contributed by atoms with Crippen molar-refractivity contribution in [3.63, 3.8) is 0 Å². The minimum atomic E-state index is -0.390. The number of benzene rings is 3. The molecule has 0 aliphatic rings. The summed E-state index contributed by atoms with van der Waals surface area (Å²) < 4.78 is 11.2. The number of nitrogens with one attached hydrogen (secondary N) is 1. The number of halogens is 2. The van der Waals surface area contributed by atoms with Crippen LogP contribution in [0.15, 0.2) is 59.0 Å². The Morgan fingerprint density at radius 3 is 2.69 bits per heavy atom. The summed E-state index contributed by atoms with van der Waals surface area (Å²) in [6.07, 6.45) is 1.05. The summed E-state index contributed by atoms with van der Waals surface area (Å²) in [7, 11) is 1.49. The summed E-state index contributed by atoms with van der Waals surface area (Å²) in [5, 5.41) is 3.64. The van der Waals surface area contributed by atoms with Crippen LogP contribution in [0.4, 0.5) is 5.69 Å². The molecule has 32 heavy (non-hydrogen) atoms. The highest BCUT2D eigenvalue weighted by Gasteiger charge is 2.17. The summed E-state index contributed by atoms with van der Waals surface area (Å²) in [5.41, 5.74) is 4.15. The van der Waals surface area contributed by atoms with Crippen LogP contribution in [0, 0.1) is 0 Å². The van der Waals surface area contributed by atoms with Gasteiger partial charge < -0.3 is 14.5 Å². The topological polar surface area (TPSA) is 64.4 Å². The average molecular weight is 469 g/mol. The highest BCUT2D eigenvalue weighted by molar-refractivity contribution is 6.34. The maximum atomic E-state index is 12.9. The molecule has 5 nitrogen and oxygen atoms in total. The van der Waals surface area contributed by atoms with Crippen LogP contribution in [0.2, 0.25) is 10.0 Å². The number of nitrogens with zero attached hydrogens (tertiary/aromatic N) is 1. The van der Waals surface area contributed by atoms with Crippen molar-refractivity contribution in [2.45, 2.75) is 26.2 Å². The summed E-state index contributed by atoms with van der Waals surface area (Å²) in [5.74, 6) is 0.920. The van der Waals surface area contributed by atoms with Crippen molar-refractivity contribution in [3.8, 4) is 17.2 Å². The van der Waals surface area contributed by atoms with Gasteiger partial charge in [0.05, 0.1) is 23.4 Å². The number of methoxy groups -OCH3 is 1. The Morgan fingerprint density at radius 1 is 1.12 bits per heavy atom. The van der Waals surface area contributed by atoms with Gasteiger partial charge in [0.15, 0.2) is 5.58 Å². The molecule has 1 atom stereocenters. The van der Waals surface area contributed by atoms with Gasteiger partial charge in [-0.25, -0.2) is 4.98 Å². The standard InChI is InChI=1S/C25H22Cl2N2O3/c1-4-14(2)15-6-9-23-21(11-15)29-25(32-23)16-5-8-19(27)20(12-16)28-24(30)18-13-17(26)7-10-22(18)31-3/h5-14H,4H2,1-3H3,(H,28,30). The quantitative estimate of drug-likeness (QED) is 0.316. The lowest BCUT2D eigenvalue weighted by molar-refractivity contribution is 0.102. The number of amides is 1. The molecule has 1 heterocycles. The highest BCUT2D eigenvalue weighted by Crippen LogP contribution is 2.32. The Hall–Kier alpha value is -3.02. The van der Waals surface area contributed by atoms with Crippen molar-refractivity contribution in [1.82, 2.24) is 4.98 Å². The number of anilines is 1. The van der Waals surface area contributed by atoms with Crippen LogP contribution < -0.4 is 10.1 Å². The normalized spacial score (nSPS) is 12.0. The van der Waals surface area contributed by atoms with Crippen LogP contribution >= 0.6 is 23.2 Å². The molecule has 164 valence electrons. The van der Waals surface area contributed by atoms with E-state index in [1.807, 2.05) is 6.07 Å². The Bertz CT molecular complexity index is 1300. The molecule has 1 N–H and O–H groups in total. The molecule has 0 fully saturated rings. The Kier molecular flexibility index (Phi) is 6.40. The highest BCUT2D eigenvalue weighted by atomic mass is 35.5. The fraction of sp³-hybridized carbons (Fsp3) is 0.200. The molecule has 0 saturated carbocycles. The predicted molar refractivity (Wildman–Crippen MR) is 129 cm³/mol. The van der Waals surface area contributed by atoms with E-state index in [1.54, 1.807) is 36.4 Å².